The number of carbonyl (C=O) groups is 1. The van der Waals surface area contributed by atoms with Gasteiger partial charge >= 0.3 is 6.09 Å². The zero-order valence-electron chi connectivity index (χ0n) is 7.14. The van der Waals surface area contributed by atoms with Crippen LogP contribution in [0.2, 0.25) is 0 Å². The largest absolute Gasteiger partial charge is 0.446 e. The van der Waals surface area contributed by atoms with Crippen molar-refractivity contribution in [3.8, 4) is 0 Å². The molecule has 1 aliphatic heterocycles. The van der Waals surface area contributed by atoms with Crippen molar-refractivity contribution in [1.82, 2.24) is 5.32 Å². The van der Waals surface area contributed by atoms with Gasteiger partial charge in [0, 0.05) is 0 Å². The number of hydrogen-bond donors (Lipinski definition) is 0. The van der Waals surface area contributed by atoms with Gasteiger partial charge in [-0.3, -0.25) is 0 Å². The van der Waals surface area contributed by atoms with E-state index in [0.29, 0.717) is 6.61 Å². The van der Waals surface area contributed by atoms with E-state index in [0.717, 1.165) is 6.42 Å². The fraction of sp³-hybridized carbons (Fsp3) is 0.300. The molecule has 1 heterocycles. The van der Waals surface area contributed by atoms with E-state index in [4.69, 9.17) is 4.74 Å². The first-order chi connectivity index (χ1) is 6.34. The molecule has 1 atom stereocenters. The molecule has 2 rings (SSSR count). The fourth-order valence-corrected chi connectivity index (χ4v) is 1.38. The number of carbonyl (C=O) groups excluding carboxylic acids is 1. The maximum atomic E-state index is 10.7. The number of hydrogen-bond acceptors (Lipinski definition) is 2. The van der Waals surface area contributed by atoms with Crippen LogP contribution in [0.25, 0.3) is 0 Å². The molecule has 0 bridgehead atoms. The van der Waals surface area contributed by atoms with Crippen LogP contribution in [0.3, 0.4) is 0 Å². The molecule has 1 amide bonds. The van der Waals surface area contributed by atoms with Gasteiger partial charge in [-0.1, -0.05) is 30.3 Å². The predicted molar refractivity (Wildman–Crippen MR) is 47.4 cm³/mol. The second kappa shape index (κ2) is 3.47. The third-order valence-corrected chi connectivity index (χ3v) is 2.00. The Morgan fingerprint density at radius 3 is 2.77 bits per heavy atom. The molecule has 13 heavy (non-hydrogen) atoms. The van der Waals surface area contributed by atoms with Crippen LogP contribution in [0.1, 0.15) is 5.56 Å². The molecule has 1 unspecified atom stereocenters. The summed E-state index contributed by atoms with van der Waals surface area (Å²) in [6.45, 7) is 0.424. The maximum Gasteiger partial charge on any atom is 0.429 e. The first-order valence-corrected chi connectivity index (χ1v) is 4.26. The first-order valence-electron chi connectivity index (χ1n) is 4.26. The third kappa shape index (κ3) is 1.99. The zero-order valence-corrected chi connectivity index (χ0v) is 7.14. The van der Waals surface area contributed by atoms with Crippen molar-refractivity contribution in [2.75, 3.05) is 6.61 Å². The van der Waals surface area contributed by atoms with Gasteiger partial charge in [-0.15, -0.1) is 0 Å². The van der Waals surface area contributed by atoms with Gasteiger partial charge < -0.3 is 4.74 Å². The van der Waals surface area contributed by atoms with E-state index in [1.54, 1.807) is 0 Å². The van der Waals surface area contributed by atoms with E-state index in [2.05, 4.69) is 5.32 Å². The molecule has 1 fully saturated rings. The Balaban J connectivity index is 1.96. The Morgan fingerprint density at radius 2 is 2.15 bits per heavy atom. The Hall–Kier alpha value is -1.51. The van der Waals surface area contributed by atoms with Crippen LogP contribution in [0.15, 0.2) is 30.3 Å². The molecule has 3 nitrogen and oxygen atoms in total. The second-order valence-corrected chi connectivity index (χ2v) is 3.05. The maximum absolute atomic E-state index is 10.7. The molecule has 0 N–H and O–H groups in total. The molecule has 3 heteroatoms. The minimum absolute atomic E-state index is 0.00917. The van der Waals surface area contributed by atoms with Crippen molar-refractivity contribution in [1.29, 1.82) is 0 Å². The highest BCUT2D eigenvalue weighted by Gasteiger charge is 2.24. The molecule has 1 aromatic carbocycles. The molecule has 1 aromatic rings. The summed E-state index contributed by atoms with van der Waals surface area (Å²) in [4.78, 5) is 10.7. The van der Waals surface area contributed by atoms with E-state index in [9.17, 15) is 4.79 Å². The van der Waals surface area contributed by atoms with Crippen molar-refractivity contribution < 1.29 is 9.53 Å². The molecule has 1 aliphatic rings. The minimum Gasteiger partial charge on any atom is -0.446 e. The normalized spacial score (nSPS) is 20.9. The zero-order chi connectivity index (χ0) is 9.10. The lowest BCUT2D eigenvalue weighted by Gasteiger charge is -2.03. The Bertz CT molecular complexity index is 297. The Kier molecular flexibility index (Phi) is 2.17. The van der Waals surface area contributed by atoms with Crippen LogP contribution in [0, 0.1) is 0 Å². The van der Waals surface area contributed by atoms with Crippen molar-refractivity contribution in [2.45, 2.75) is 12.5 Å². The summed E-state index contributed by atoms with van der Waals surface area (Å²) in [5, 5.41) is 3.82. The number of rotatable bonds is 2. The molecule has 0 aromatic heterocycles. The number of nitrogens with zero attached hydrogens (tertiary/aromatic N) is 1. The summed E-state index contributed by atoms with van der Waals surface area (Å²) < 4.78 is 4.73. The summed E-state index contributed by atoms with van der Waals surface area (Å²) in [5.41, 5.74) is 1.19. The van der Waals surface area contributed by atoms with Crippen molar-refractivity contribution in [3.63, 3.8) is 0 Å². The minimum atomic E-state index is -0.430. The molecular weight excluding hydrogens is 166 g/mol. The molecule has 0 aliphatic carbocycles. The number of ether oxygens (including phenoxy) is 1. The van der Waals surface area contributed by atoms with E-state index < -0.39 is 6.09 Å². The second-order valence-electron chi connectivity index (χ2n) is 3.05. The molecule has 0 spiro atoms. The fourth-order valence-electron chi connectivity index (χ4n) is 1.38. The summed E-state index contributed by atoms with van der Waals surface area (Å²) in [7, 11) is 0. The topological polar surface area (TPSA) is 40.4 Å². The molecular formula is C10H10NO2. The van der Waals surface area contributed by atoms with Gasteiger partial charge in [0.25, 0.3) is 0 Å². The van der Waals surface area contributed by atoms with Gasteiger partial charge in [0.2, 0.25) is 0 Å². The summed E-state index contributed by atoms with van der Waals surface area (Å²) in [6.07, 6.45) is 0.355. The standard InChI is InChI=1S/C10H10NO2/c12-10-11-9(7-13-10)6-8-4-2-1-3-5-8/h1-5,9H,6-7H2. The molecule has 1 radical (unpaired) electrons. The number of amides is 1. The molecule has 67 valence electrons. The van der Waals surface area contributed by atoms with Crippen LogP contribution in [-0.2, 0) is 11.2 Å². The van der Waals surface area contributed by atoms with Gasteiger partial charge in [-0.25, -0.2) is 10.1 Å². The third-order valence-electron chi connectivity index (χ3n) is 2.00. The van der Waals surface area contributed by atoms with E-state index >= 15 is 0 Å². The lowest BCUT2D eigenvalue weighted by atomic mass is 10.1. The first kappa shape index (κ1) is 8.10. The Labute approximate surface area is 76.7 Å². The van der Waals surface area contributed by atoms with E-state index in [1.807, 2.05) is 30.3 Å². The van der Waals surface area contributed by atoms with Gasteiger partial charge in [-0.2, -0.15) is 0 Å². The van der Waals surface area contributed by atoms with Crippen molar-refractivity contribution in [3.05, 3.63) is 35.9 Å². The Morgan fingerprint density at radius 1 is 1.38 bits per heavy atom. The lowest BCUT2D eigenvalue weighted by Crippen LogP contribution is -2.21. The SMILES string of the molecule is O=C1[N]C(Cc2ccccc2)CO1. The number of benzene rings is 1. The van der Waals surface area contributed by atoms with Gasteiger partial charge in [0.1, 0.15) is 6.61 Å². The van der Waals surface area contributed by atoms with Crippen molar-refractivity contribution in [2.24, 2.45) is 0 Å². The predicted octanol–water partition coefficient (Wildman–Crippen LogP) is 1.35. The number of cyclic esters (lactones) is 1. The quantitative estimate of drug-likeness (QED) is 0.682. The summed E-state index contributed by atoms with van der Waals surface area (Å²) >= 11 is 0. The van der Waals surface area contributed by atoms with Gasteiger partial charge in [-0.05, 0) is 12.0 Å². The monoisotopic (exact) mass is 176 g/mol. The summed E-state index contributed by atoms with van der Waals surface area (Å²) in [6, 6.07) is 9.99. The highest BCUT2D eigenvalue weighted by molar-refractivity contribution is 5.69. The van der Waals surface area contributed by atoms with Crippen LogP contribution in [0.5, 0.6) is 0 Å². The van der Waals surface area contributed by atoms with Gasteiger partial charge in [0.15, 0.2) is 0 Å². The average molecular weight is 176 g/mol. The van der Waals surface area contributed by atoms with E-state index in [-0.39, 0.29) is 6.04 Å². The van der Waals surface area contributed by atoms with Crippen LogP contribution in [-0.4, -0.2) is 18.7 Å². The van der Waals surface area contributed by atoms with Gasteiger partial charge in [0.05, 0.1) is 6.04 Å². The van der Waals surface area contributed by atoms with Crippen LogP contribution in [0.4, 0.5) is 4.79 Å². The molecule has 0 saturated carbocycles. The smallest absolute Gasteiger partial charge is 0.429 e. The van der Waals surface area contributed by atoms with E-state index in [1.165, 1.54) is 5.56 Å². The molecule has 1 saturated heterocycles. The van der Waals surface area contributed by atoms with Crippen LogP contribution >= 0.6 is 0 Å². The van der Waals surface area contributed by atoms with Crippen molar-refractivity contribution >= 4 is 6.09 Å². The highest BCUT2D eigenvalue weighted by atomic mass is 16.6. The van der Waals surface area contributed by atoms with Crippen LogP contribution < -0.4 is 5.32 Å². The lowest BCUT2D eigenvalue weighted by molar-refractivity contribution is 0.176. The summed E-state index contributed by atoms with van der Waals surface area (Å²) in [5.74, 6) is 0. The average Bonchev–Trinajstić information content (AvgIpc) is 2.53. The highest BCUT2D eigenvalue weighted by Crippen LogP contribution is 2.08.